The third kappa shape index (κ3) is 4.95. The van der Waals surface area contributed by atoms with Gasteiger partial charge in [-0.05, 0) is 45.9 Å². The van der Waals surface area contributed by atoms with Crippen molar-refractivity contribution in [2.45, 2.75) is 19.3 Å². The van der Waals surface area contributed by atoms with Crippen LogP contribution in [0.4, 0.5) is 0 Å². The van der Waals surface area contributed by atoms with Crippen LogP contribution in [0, 0.1) is 0 Å². The molecule has 4 rings (SSSR count). The Kier molecular flexibility index (Phi) is 6.33. The van der Waals surface area contributed by atoms with Crippen LogP contribution >= 0.6 is 0 Å². The molecule has 1 unspecified atom stereocenters. The predicted octanol–water partition coefficient (Wildman–Crippen LogP) is 7.83. The number of hydrogen-bond acceptors (Lipinski definition) is 1. The molecular formula is C30H29N. The average molecular weight is 404 g/mol. The molecule has 0 radical (unpaired) electrons. The standard InChI is InChI=1S/C30H29N/c1-23(25-10-6-4-7-11-25)14-15-24(2)31(3)30-21-20-29(22-30)28-18-16-27(17-19-28)26-12-8-5-9-13-26/h4-21,23H,2,22H2,1,3H3/b15-14-. The van der Waals surface area contributed by atoms with E-state index in [4.69, 9.17) is 0 Å². The highest BCUT2D eigenvalue weighted by molar-refractivity contribution is 5.74. The minimum Gasteiger partial charge on any atom is -0.348 e. The van der Waals surface area contributed by atoms with E-state index in [1.165, 1.54) is 33.5 Å². The number of allylic oxidation sites excluding steroid dienone is 5. The van der Waals surface area contributed by atoms with E-state index in [1.807, 2.05) is 0 Å². The van der Waals surface area contributed by atoms with E-state index >= 15 is 0 Å². The van der Waals surface area contributed by atoms with Gasteiger partial charge in [0.05, 0.1) is 0 Å². The maximum absolute atomic E-state index is 4.28. The maximum Gasteiger partial charge on any atom is 0.0329 e. The highest BCUT2D eigenvalue weighted by Crippen LogP contribution is 2.32. The first-order chi connectivity index (χ1) is 15.1. The van der Waals surface area contributed by atoms with Crippen molar-refractivity contribution >= 4 is 5.57 Å². The zero-order valence-electron chi connectivity index (χ0n) is 18.3. The number of likely N-dealkylation sites (N-methyl/N-ethyl adjacent to an activating group) is 1. The summed E-state index contributed by atoms with van der Waals surface area (Å²) in [5.41, 5.74) is 8.71. The molecule has 1 aliphatic rings. The molecular weight excluding hydrogens is 374 g/mol. The molecule has 0 amide bonds. The third-order valence-corrected chi connectivity index (χ3v) is 5.98. The van der Waals surface area contributed by atoms with E-state index in [-0.39, 0.29) is 0 Å². The normalized spacial score (nSPS) is 14.3. The molecule has 0 fully saturated rings. The molecule has 0 N–H and O–H groups in total. The van der Waals surface area contributed by atoms with Gasteiger partial charge in [0.15, 0.2) is 0 Å². The van der Waals surface area contributed by atoms with Crippen LogP contribution in [0.15, 0.2) is 127 Å². The fourth-order valence-corrected chi connectivity index (χ4v) is 3.87. The molecule has 1 aliphatic carbocycles. The number of rotatable bonds is 7. The number of benzene rings is 3. The van der Waals surface area contributed by atoms with E-state index in [0.717, 1.165) is 12.1 Å². The fraction of sp³-hybridized carbons (Fsp3) is 0.133. The third-order valence-electron chi connectivity index (χ3n) is 5.98. The van der Waals surface area contributed by atoms with Gasteiger partial charge in [0.2, 0.25) is 0 Å². The second kappa shape index (κ2) is 9.49. The molecule has 31 heavy (non-hydrogen) atoms. The first-order valence-electron chi connectivity index (χ1n) is 10.8. The summed E-state index contributed by atoms with van der Waals surface area (Å²) in [6, 6.07) is 29.9. The Morgan fingerprint density at radius 3 is 2.06 bits per heavy atom. The largest absolute Gasteiger partial charge is 0.348 e. The molecule has 0 aromatic heterocycles. The van der Waals surface area contributed by atoms with Gasteiger partial charge < -0.3 is 4.90 Å². The SMILES string of the molecule is C=C(/C=C\C(C)c1ccccc1)N(C)C1=CC=C(c2ccc(-c3ccccc3)cc2)C1. The molecule has 154 valence electrons. The second-order valence-corrected chi connectivity index (χ2v) is 8.08. The van der Waals surface area contributed by atoms with Gasteiger partial charge >= 0.3 is 0 Å². The molecule has 0 heterocycles. The van der Waals surface area contributed by atoms with Crippen LogP contribution in [-0.2, 0) is 0 Å². The summed E-state index contributed by atoms with van der Waals surface area (Å²) in [6.45, 7) is 6.50. The molecule has 1 heteroatoms. The molecule has 3 aromatic rings. The second-order valence-electron chi connectivity index (χ2n) is 8.08. The lowest BCUT2D eigenvalue weighted by Crippen LogP contribution is -2.14. The Morgan fingerprint density at radius 2 is 1.39 bits per heavy atom. The first kappa shape index (κ1) is 20.7. The van der Waals surface area contributed by atoms with Crippen LogP contribution in [0.25, 0.3) is 16.7 Å². The van der Waals surface area contributed by atoms with Crippen LogP contribution in [0.5, 0.6) is 0 Å². The lowest BCUT2D eigenvalue weighted by Gasteiger charge is -2.22. The summed E-state index contributed by atoms with van der Waals surface area (Å²) in [6.07, 6.45) is 9.71. The topological polar surface area (TPSA) is 3.24 Å². The van der Waals surface area contributed by atoms with Gasteiger partial charge in [-0.2, -0.15) is 0 Å². The van der Waals surface area contributed by atoms with Crippen molar-refractivity contribution in [1.82, 2.24) is 4.90 Å². The summed E-state index contributed by atoms with van der Waals surface area (Å²) < 4.78 is 0. The first-order valence-corrected chi connectivity index (χ1v) is 10.8. The number of hydrogen-bond donors (Lipinski definition) is 0. The summed E-state index contributed by atoms with van der Waals surface area (Å²) in [7, 11) is 2.10. The van der Waals surface area contributed by atoms with Crippen molar-refractivity contribution in [3.8, 4) is 11.1 Å². The van der Waals surface area contributed by atoms with Gasteiger partial charge in [-0.1, -0.05) is 111 Å². The van der Waals surface area contributed by atoms with Crippen molar-refractivity contribution in [3.05, 3.63) is 138 Å². The van der Waals surface area contributed by atoms with E-state index in [2.05, 4.69) is 135 Å². The summed E-state index contributed by atoms with van der Waals surface area (Å²) in [5.74, 6) is 0.362. The number of nitrogens with zero attached hydrogens (tertiary/aromatic N) is 1. The monoisotopic (exact) mass is 403 g/mol. The van der Waals surface area contributed by atoms with E-state index in [1.54, 1.807) is 0 Å². The van der Waals surface area contributed by atoms with Gasteiger partial charge in [-0.25, -0.2) is 0 Å². The van der Waals surface area contributed by atoms with Crippen LogP contribution < -0.4 is 0 Å². The Morgan fingerprint density at radius 1 is 0.806 bits per heavy atom. The minimum absolute atomic E-state index is 0.362. The Bertz CT molecular complexity index is 1120. The quantitative estimate of drug-likeness (QED) is 0.363. The van der Waals surface area contributed by atoms with Gasteiger partial charge in [-0.3, -0.25) is 0 Å². The Labute approximate surface area is 186 Å². The van der Waals surface area contributed by atoms with Crippen LogP contribution in [0.3, 0.4) is 0 Å². The Balaban J connectivity index is 1.36. The molecule has 0 saturated heterocycles. The van der Waals surface area contributed by atoms with E-state index in [9.17, 15) is 0 Å². The summed E-state index contributed by atoms with van der Waals surface area (Å²) >= 11 is 0. The average Bonchev–Trinajstić information content (AvgIpc) is 3.33. The van der Waals surface area contributed by atoms with Gasteiger partial charge in [0.1, 0.15) is 0 Å². The van der Waals surface area contributed by atoms with Crippen LogP contribution in [-0.4, -0.2) is 11.9 Å². The van der Waals surface area contributed by atoms with Crippen LogP contribution in [0.2, 0.25) is 0 Å². The lowest BCUT2D eigenvalue weighted by atomic mass is 9.99. The molecule has 0 bridgehead atoms. The van der Waals surface area contributed by atoms with Crippen molar-refractivity contribution in [2.24, 2.45) is 0 Å². The van der Waals surface area contributed by atoms with E-state index in [0.29, 0.717) is 5.92 Å². The van der Waals surface area contributed by atoms with E-state index < -0.39 is 0 Å². The summed E-state index contributed by atoms with van der Waals surface area (Å²) in [5, 5.41) is 0. The van der Waals surface area contributed by atoms with Crippen molar-refractivity contribution in [1.29, 1.82) is 0 Å². The molecule has 0 aliphatic heterocycles. The molecule has 0 spiro atoms. The van der Waals surface area contributed by atoms with Gasteiger partial charge in [-0.15, -0.1) is 0 Å². The fourth-order valence-electron chi connectivity index (χ4n) is 3.87. The predicted molar refractivity (Wildman–Crippen MR) is 133 cm³/mol. The zero-order valence-corrected chi connectivity index (χ0v) is 18.3. The minimum atomic E-state index is 0.362. The highest BCUT2D eigenvalue weighted by atomic mass is 15.1. The highest BCUT2D eigenvalue weighted by Gasteiger charge is 2.15. The molecule has 1 nitrogen and oxygen atoms in total. The molecule has 0 saturated carbocycles. The van der Waals surface area contributed by atoms with Gasteiger partial charge in [0.25, 0.3) is 0 Å². The maximum atomic E-state index is 4.28. The molecule has 3 aromatic carbocycles. The van der Waals surface area contributed by atoms with Crippen molar-refractivity contribution in [2.75, 3.05) is 7.05 Å². The zero-order chi connectivity index (χ0) is 21.6. The summed E-state index contributed by atoms with van der Waals surface area (Å²) in [4.78, 5) is 2.19. The van der Waals surface area contributed by atoms with Crippen molar-refractivity contribution in [3.63, 3.8) is 0 Å². The smallest absolute Gasteiger partial charge is 0.0329 e. The van der Waals surface area contributed by atoms with Crippen molar-refractivity contribution < 1.29 is 0 Å². The van der Waals surface area contributed by atoms with Crippen LogP contribution in [0.1, 0.15) is 30.4 Å². The Hall–Kier alpha value is -3.58. The molecule has 1 atom stereocenters. The lowest BCUT2D eigenvalue weighted by molar-refractivity contribution is 0.531. The van der Waals surface area contributed by atoms with Gasteiger partial charge in [0, 0.05) is 24.9 Å².